The Balaban J connectivity index is 6.35. The predicted octanol–water partition coefficient (Wildman–Crippen LogP) is -10.8. The van der Waals surface area contributed by atoms with Gasteiger partial charge in [-0.25, -0.2) is 4.79 Å². The molecule has 0 aliphatic carbocycles. The van der Waals surface area contributed by atoms with Gasteiger partial charge in [0.1, 0.15) is 36.3 Å². The van der Waals surface area contributed by atoms with E-state index in [4.69, 9.17) is 40.1 Å². The summed E-state index contributed by atoms with van der Waals surface area (Å²) in [6.07, 6.45) is -5.71. The monoisotopic (exact) mass is 759 g/mol. The lowest BCUT2D eigenvalue weighted by Crippen LogP contribution is -2.61. The number of aliphatic carboxylic acids is 1. The van der Waals surface area contributed by atoms with Gasteiger partial charge in [-0.3, -0.25) is 57.5 Å². The fourth-order valence-electron chi connectivity index (χ4n) is 4.07. The first-order valence-electron chi connectivity index (χ1n) is 14.9. The first-order valence-corrected chi connectivity index (χ1v) is 14.9. The number of nitrogens with one attached hydrogen (secondary N) is 6. The van der Waals surface area contributed by atoms with Gasteiger partial charge in [0.2, 0.25) is 70.9 Å². The summed E-state index contributed by atoms with van der Waals surface area (Å²) in [5.74, 6) is -16.7. The van der Waals surface area contributed by atoms with Crippen LogP contribution in [0.3, 0.4) is 0 Å². The van der Waals surface area contributed by atoms with E-state index in [1.165, 1.54) is 0 Å². The Kier molecular flexibility index (Phi) is 19.1. The van der Waals surface area contributed by atoms with Gasteiger partial charge in [-0.05, 0) is 0 Å². The molecule has 0 unspecified atom stereocenters. The molecule has 0 heterocycles. The smallest absolute Gasteiger partial charge is 0.326 e. The van der Waals surface area contributed by atoms with Crippen LogP contribution < -0.4 is 72.0 Å². The van der Waals surface area contributed by atoms with E-state index in [2.05, 4.69) is 5.32 Å². The molecule has 0 aromatic heterocycles. The number of hydrogen-bond donors (Lipinski definition) is 14. The van der Waals surface area contributed by atoms with Crippen molar-refractivity contribution in [2.45, 2.75) is 74.8 Å². The van der Waals surface area contributed by atoms with Crippen LogP contribution in [0.5, 0.6) is 0 Å². The molecule has 294 valence electrons. The van der Waals surface area contributed by atoms with Crippen molar-refractivity contribution in [2.24, 2.45) is 40.1 Å². The Morgan fingerprint density at radius 2 is 0.547 bits per heavy atom. The van der Waals surface area contributed by atoms with Crippen LogP contribution in [0, 0.1) is 0 Å². The fourth-order valence-corrected chi connectivity index (χ4v) is 4.07. The van der Waals surface area contributed by atoms with Crippen molar-refractivity contribution in [1.29, 1.82) is 0 Å². The SMILES string of the molecule is NCC(=O)N[C@@H](CC(N)=O)C(=O)N[C@@H](CC(N)=O)C(=O)N[C@@H](CC(N)=O)C(=O)N[C@@H](CC(N)=O)C(=O)N[C@@H](CC(N)=O)C(=O)N[C@@H](CC(N)=O)C(=O)O. The Morgan fingerprint density at radius 1 is 0.358 bits per heavy atom. The van der Waals surface area contributed by atoms with E-state index in [0.29, 0.717) is 0 Å². The van der Waals surface area contributed by atoms with E-state index < -0.39 is 158 Å². The molecule has 27 heteroatoms. The number of carboxylic acids is 1. The van der Waals surface area contributed by atoms with Crippen LogP contribution in [0.2, 0.25) is 0 Å². The lowest BCUT2D eigenvalue weighted by molar-refractivity contribution is -0.144. The third-order valence-corrected chi connectivity index (χ3v) is 6.42. The van der Waals surface area contributed by atoms with Crippen LogP contribution in [0.25, 0.3) is 0 Å². The molecular weight excluding hydrogens is 718 g/mol. The molecule has 6 atom stereocenters. The van der Waals surface area contributed by atoms with E-state index >= 15 is 0 Å². The summed E-state index contributed by atoms with van der Waals surface area (Å²) in [4.78, 5) is 158. The van der Waals surface area contributed by atoms with Gasteiger partial charge in [-0.2, -0.15) is 0 Å². The van der Waals surface area contributed by atoms with Gasteiger partial charge in [0.15, 0.2) is 0 Å². The minimum Gasteiger partial charge on any atom is -0.480 e. The standard InChI is InChI=1S/C26H41N13O14/c27-7-20(46)34-8(1-14(28)40)21(47)35-9(2-15(29)41)22(48)36-10(3-16(30)42)23(49)37-11(4-17(31)43)24(50)38-12(5-18(32)44)25(51)39-13(26(52)53)6-19(33)45/h8-13H,1-7,27H2,(H2,28,40)(H2,29,41)(H2,30,42)(H2,31,43)(H2,32,44)(H2,33,45)(H,34,46)(H,35,47)(H,36,48)(H,37,49)(H,38,50)(H,39,51)(H,52,53)/t8-,9-,10-,11-,12-,13-/m0/s1. The Morgan fingerprint density at radius 3 is 0.736 bits per heavy atom. The van der Waals surface area contributed by atoms with Gasteiger partial charge in [0.05, 0.1) is 45.1 Å². The normalized spacial score (nSPS) is 13.8. The minimum absolute atomic E-state index is 0.631. The topological polar surface area (TPSA) is 496 Å². The number of amides is 12. The van der Waals surface area contributed by atoms with Crippen LogP contribution in [0.15, 0.2) is 0 Å². The molecule has 12 amide bonds. The van der Waals surface area contributed by atoms with Gasteiger partial charge in [0.25, 0.3) is 0 Å². The van der Waals surface area contributed by atoms with Gasteiger partial charge in [-0.15, -0.1) is 0 Å². The summed E-state index contributed by atoms with van der Waals surface area (Å²) in [7, 11) is 0. The Hall–Kier alpha value is -6.93. The third-order valence-electron chi connectivity index (χ3n) is 6.42. The largest absolute Gasteiger partial charge is 0.480 e. The second-order valence-corrected chi connectivity index (χ2v) is 11.0. The molecular formula is C26H41N13O14. The molecule has 0 saturated carbocycles. The lowest BCUT2D eigenvalue weighted by Gasteiger charge is -2.26. The number of carbonyl (C=O) groups excluding carboxylic acids is 12. The number of hydrogen-bond acceptors (Lipinski definition) is 14. The molecule has 0 fully saturated rings. The van der Waals surface area contributed by atoms with Crippen molar-refractivity contribution in [2.75, 3.05) is 6.54 Å². The zero-order valence-electron chi connectivity index (χ0n) is 27.7. The Labute approximate surface area is 297 Å². The average molecular weight is 760 g/mol. The molecule has 0 aliphatic heterocycles. The molecule has 0 bridgehead atoms. The van der Waals surface area contributed by atoms with Crippen LogP contribution in [-0.2, 0) is 62.3 Å². The van der Waals surface area contributed by atoms with Gasteiger partial charge in [-0.1, -0.05) is 0 Å². The highest BCUT2D eigenvalue weighted by Gasteiger charge is 2.35. The van der Waals surface area contributed by atoms with Gasteiger partial charge in [0, 0.05) is 0 Å². The van der Waals surface area contributed by atoms with Crippen molar-refractivity contribution in [3.8, 4) is 0 Å². The molecule has 0 spiro atoms. The molecule has 21 N–H and O–H groups in total. The first kappa shape index (κ1) is 46.1. The number of rotatable bonds is 25. The van der Waals surface area contributed by atoms with Crippen molar-refractivity contribution in [3.63, 3.8) is 0 Å². The molecule has 0 rings (SSSR count). The maximum atomic E-state index is 13.3. The van der Waals surface area contributed by atoms with E-state index in [1.807, 2.05) is 26.6 Å². The second-order valence-electron chi connectivity index (χ2n) is 11.0. The lowest BCUT2D eigenvalue weighted by atomic mass is 10.1. The fraction of sp³-hybridized carbons (Fsp3) is 0.500. The highest BCUT2D eigenvalue weighted by atomic mass is 16.4. The van der Waals surface area contributed by atoms with Crippen LogP contribution in [0.4, 0.5) is 0 Å². The molecule has 0 aromatic carbocycles. The number of carbonyl (C=O) groups is 13. The number of primary amides is 6. The quantitative estimate of drug-likeness (QED) is 0.0411. The summed E-state index contributed by atoms with van der Waals surface area (Å²) in [5.41, 5.74) is 35.8. The van der Waals surface area contributed by atoms with Gasteiger partial charge < -0.3 is 77.1 Å². The summed E-state index contributed by atoms with van der Waals surface area (Å²) in [6.45, 7) is -0.631. The zero-order valence-corrected chi connectivity index (χ0v) is 27.7. The van der Waals surface area contributed by atoms with Crippen LogP contribution in [0.1, 0.15) is 38.5 Å². The predicted molar refractivity (Wildman–Crippen MR) is 171 cm³/mol. The van der Waals surface area contributed by atoms with Crippen molar-refractivity contribution < 1.29 is 67.4 Å². The van der Waals surface area contributed by atoms with Crippen molar-refractivity contribution in [1.82, 2.24) is 31.9 Å². The maximum Gasteiger partial charge on any atom is 0.326 e. The molecule has 0 aromatic rings. The average Bonchev–Trinajstić information content (AvgIpc) is 3.01. The Bertz CT molecular complexity index is 1500. The third kappa shape index (κ3) is 18.6. The van der Waals surface area contributed by atoms with Gasteiger partial charge >= 0.3 is 5.97 Å². The molecule has 0 aliphatic rings. The van der Waals surface area contributed by atoms with E-state index in [0.717, 1.165) is 0 Å². The molecule has 53 heavy (non-hydrogen) atoms. The van der Waals surface area contributed by atoms with Crippen LogP contribution in [-0.4, -0.2) is 125 Å². The molecule has 27 nitrogen and oxygen atoms in total. The van der Waals surface area contributed by atoms with Crippen LogP contribution >= 0.6 is 0 Å². The first-order chi connectivity index (χ1) is 24.5. The maximum absolute atomic E-state index is 13.3. The molecule has 0 saturated heterocycles. The number of carboxylic acid groups (broad SMARTS) is 1. The summed E-state index contributed by atoms with van der Waals surface area (Å²) >= 11 is 0. The second kappa shape index (κ2) is 22.0. The highest BCUT2D eigenvalue weighted by molar-refractivity contribution is 6.01. The minimum atomic E-state index is -2.04. The highest BCUT2D eigenvalue weighted by Crippen LogP contribution is 2.04. The van der Waals surface area contributed by atoms with E-state index in [9.17, 15) is 67.4 Å². The number of nitrogens with two attached hydrogens (primary N) is 7. The summed E-state index contributed by atoms with van der Waals surface area (Å²) in [6, 6.07) is -11.6. The van der Waals surface area contributed by atoms with E-state index in [-0.39, 0.29) is 0 Å². The summed E-state index contributed by atoms with van der Waals surface area (Å²) in [5, 5.41) is 21.1. The van der Waals surface area contributed by atoms with Crippen molar-refractivity contribution >= 4 is 76.9 Å². The van der Waals surface area contributed by atoms with Crippen molar-refractivity contribution in [3.05, 3.63) is 0 Å². The summed E-state index contributed by atoms with van der Waals surface area (Å²) < 4.78 is 0. The van der Waals surface area contributed by atoms with E-state index in [1.54, 1.807) is 0 Å². The zero-order chi connectivity index (χ0) is 41.2. The molecule has 0 radical (unpaired) electrons.